The lowest BCUT2D eigenvalue weighted by atomic mass is 9.95. The Kier molecular flexibility index (Phi) is 6.12. The molecule has 0 aromatic heterocycles. The third-order valence-electron chi connectivity index (χ3n) is 5.38. The second kappa shape index (κ2) is 7.60. The maximum Gasteiger partial charge on any atom is 0.243 e. The van der Waals surface area contributed by atoms with E-state index < -0.39 is 10.0 Å². The Balaban J connectivity index is 2.32. The van der Waals surface area contributed by atoms with Gasteiger partial charge in [0.2, 0.25) is 10.0 Å². The minimum absolute atomic E-state index is 0.457. The van der Waals surface area contributed by atoms with E-state index in [1.165, 1.54) is 5.56 Å². The number of hydrogen-bond acceptors (Lipinski definition) is 3. The van der Waals surface area contributed by atoms with Gasteiger partial charge in [0.15, 0.2) is 5.11 Å². The molecule has 1 saturated heterocycles. The fourth-order valence-corrected chi connectivity index (χ4v) is 5.69. The van der Waals surface area contributed by atoms with Gasteiger partial charge < -0.3 is 10.2 Å². The second-order valence-corrected chi connectivity index (χ2v) is 8.94. The molecular weight excluding hydrogens is 354 g/mol. The van der Waals surface area contributed by atoms with Crippen LogP contribution in [-0.4, -0.2) is 55.5 Å². The van der Waals surface area contributed by atoms with E-state index in [9.17, 15) is 8.42 Å². The predicted octanol–water partition coefficient (Wildman–Crippen LogP) is 2.43. The molecule has 1 aromatic rings. The molecule has 2 rings (SSSR count). The molecule has 1 heterocycles. The predicted molar refractivity (Wildman–Crippen MR) is 107 cm³/mol. The summed E-state index contributed by atoms with van der Waals surface area (Å²) in [6.07, 6.45) is 0. The maximum atomic E-state index is 13.3. The van der Waals surface area contributed by atoms with Gasteiger partial charge in [0.05, 0.1) is 4.90 Å². The molecule has 0 atom stereocenters. The summed E-state index contributed by atoms with van der Waals surface area (Å²) in [7, 11) is -3.50. The van der Waals surface area contributed by atoms with E-state index in [4.69, 9.17) is 12.2 Å². The van der Waals surface area contributed by atoms with Gasteiger partial charge in [-0.3, -0.25) is 0 Å². The Bertz CT molecular complexity index is 751. The molecule has 140 valence electrons. The van der Waals surface area contributed by atoms with E-state index in [-0.39, 0.29) is 0 Å². The molecule has 0 aliphatic carbocycles. The van der Waals surface area contributed by atoms with Crippen LogP contribution in [0.15, 0.2) is 4.90 Å². The number of piperazine rings is 1. The van der Waals surface area contributed by atoms with Crippen molar-refractivity contribution in [2.24, 2.45) is 0 Å². The quantitative estimate of drug-likeness (QED) is 0.813. The molecule has 5 nitrogen and oxygen atoms in total. The summed E-state index contributed by atoms with van der Waals surface area (Å²) in [5, 5.41) is 3.83. The second-order valence-electron chi connectivity index (χ2n) is 6.68. The molecule has 0 saturated carbocycles. The van der Waals surface area contributed by atoms with E-state index in [1.807, 2.05) is 39.5 Å². The fraction of sp³-hybridized carbons (Fsp3) is 0.611. The first-order valence-electron chi connectivity index (χ1n) is 8.72. The van der Waals surface area contributed by atoms with Crippen LogP contribution in [0.1, 0.15) is 34.7 Å². The standard InChI is InChI=1S/C18H29N3O2S2/c1-7-19-18(24)20-8-10-21(11-9-20)25(22,23)17-15(5)13(3)12(2)14(4)16(17)6/h7-11H2,1-6H3,(H,19,24). The largest absolute Gasteiger partial charge is 0.363 e. The molecule has 1 aliphatic rings. The monoisotopic (exact) mass is 383 g/mol. The summed E-state index contributed by atoms with van der Waals surface area (Å²) in [6.45, 7) is 14.8. The van der Waals surface area contributed by atoms with Crippen molar-refractivity contribution in [3.63, 3.8) is 0 Å². The van der Waals surface area contributed by atoms with Crippen LogP contribution in [0.25, 0.3) is 0 Å². The van der Waals surface area contributed by atoms with Gasteiger partial charge in [0, 0.05) is 32.7 Å². The Morgan fingerprint density at radius 1 is 0.920 bits per heavy atom. The van der Waals surface area contributed by atoms with Gasteiger partial charge >= 0.3 is 0 Å². The zero-order chi connectivity index (χ0) is 18.9. The van der Waals surface area contributed by atoms with Crippen molar-refractivity contribution in [2.75, 3.05) is 32.7 Å². The third kappa shape index (κ3) is 3.68. The molecule has 0 bridgehead atoms. The summed E-state index contributed by atoms with van der Waals surface area (Å²) in [4.78, 5) is 2.52. The number of nitrogens with one attached hydrogen (secondary N) is 1. The highest BCUT2D eigenvalue weighted by atomic mass is 32.2. The Morgan fingerprint density at radius 3 is 1.80 bits per heavy atom. The smallest absolute Gasteiger partial charge is 0.243 e. The van der Waals surface area contributed by atoms with Gasteiger partial charge in [0.1, 0.15) is 0 Å². The van der Waals surface area contributed by atoms with Gasteiger partial charge in [-0.1, -0.05) is 0 Å². The van der Waals surface area contributed by atoms with Crippen LogP contribution in [-0.2, 0) is 10.0 Å². The van der Waals surface area contributed by atoms with Crippen LogP contribution in [0.2, 0.25) is 0 Å². The van der Waals surface area contributed by atoms with Crippen molar-refractivity contribution >= 4 is 27.4 Å². The molecular formula is C18H29N3O2S2. The first-order valence-corrected chi connectivity index (χ1v) is 10.6. The minimum atomic E-state index is -3.50. The maximum absolute atomic E-state index is 13.3. The molecule has 7 heteroatoms. The van der Waals surface area contributed by atoms with Gasteiger partial charge in [-0.25, -0.2) is 8.42 Å². The number of thiocarbonyl (C=S) groups is 1. The number of sulfonamides is 1. The van der Waals surface area contributed by atoms with Gasteiger partial charge in [-0.15, -0.1) is 0 Å². The highest BCUT2D eigenvalue weighted by Gasteiger charge is 2.32. The SMILES string of the molecule is CCNC(=S)N1CCN(S(=O)(=O)c2c(C)c(C)c(C)c(C)c2C)CC1. The summed E-state index contributed by atoms with van der Waals surface area (Å²) in [6, 6.07) is 0. The van der Waals surface area contributed by atoms with Crippen LogP contribution in [0.4, 0.5) is 0 Å². The van der Waals surface area contributed by atoms with Crippen molar-refractivity contribution in [3.05, 3.63) is 27.8 Å². The topological polar surface area (TPSA) is 52.6 Å². The molecule has 1 fully saturated rings. The lowest BCUT2D eigenvalue weighted by Crippen LogP contribution is -2.53. The van der Waals surface area contributed by atoms with Crippen LogP contribution >= 0.6 is 12.2 Å². The van der Waals surface area contributed by atoms with Crippen LogP contribution < -0.4 is 5.32 Å². The number of nitrogens with zero attached hydrogens (tertiary/aromatic N) is 2. The van der Waals surface area contributed by atoms with Gasteiger partial charge in [-0.05, 0) is 81.6 Å². The molecule has 1 aliphatic heterocycles. The van der Waals surface area contributed by atoms with Crippen LogP contribution in [0.5, 0.6) is 0 Å². The molecule has 25 heavy (non-hydrogen) atoms. The zero-order valence-electron chi connectivity index (χ0n) is 16.1. The highest BCUT2D eigenvalue weighted by Crippen LogP contribution is 2.31. The molecule has 0 radical (unpaired) electrons. The number of hydrogen-bond donors (Lipinski definition) is 1. The summed E-state index contributed by atoms with van der Waals surface area (Å²) >= 11 is 5.34. The van der Waals surface area contributed by atoms with Crippen LogP contribution in [0.3, 0.4) is 0 Å². The van der Waals surface area contributed by atoms with Crippen molar-refractivity contribution in [3.8, 4) is 0 Å². The Labute approximate surface area is 157 Å². The Hall–Kier alpha value is -1.18. The van der Waals surface area contributed by atoms with E-state index in [2.05, 4.69) is 12.2 Å². The molecule has 0 amide bonds. The normalized spacial score (nSPS) is 16.2. The number of benzene rings is 1. The van der Waals surface area contributed by atoms with E-state index in [0.29, 0.717) is 36.2 Å². The average Bonchev–Trinajstić information content (AvgIpc) is 2.58. The van der Waals surface area contributed by atoms with Gasteiger partial charge in [-0.2, -0.15) is 4.31 Å². The molecule has 0 spiro atoms. The minimum Gasteiger partial charge on any atom is -0.363 e. The van der Waals surface area contributed by atoms with Crippen molar-refractivity contribution < 1.29 is 8.42 Å². The van der Waals surface area contributed by atoms with Crippen LogP contribution in [0, 0.1) is 34.6 Å². The van der Waals surface area contributed by atoms with E-state index in [0.717, 1.165) is 28.8 Å². The summed E-state index contributed by atoms with van der Waals surface area (Å²) in [5.41, 5.74) is 5.04. The summed E-state index contributed by atoms with van der Waals surface area (Å²) < 4.78 is 28.2. The van der Waals surface area contributed by atoms with Crippen molar-refractivity contribution in [1.29, 1.82) is 0 Å². The van der Waals surface area contributed by atoms with E-state index in [1.54, 1.807) is 4.31 Å². The van der Waals surface area contributed by atoms with E-state index >= 15 is 0 Å². The first-order chi connectivity index (χ1) is 11.6. The lowest BCUT2D eigenvalue weighted by Gasteiger charge is -2.36. The zero-order valence-corrected chi connectivity index (χ0v) is 17.7. The lowest BCUT2D eigenvalue weighted by molar-refractivity contribution is 0.264. The fourth-order valence-electron chi connectivity index (χ4n) is 3.38. The van der Waals surface area contributed by atoms with Crippen molar-refractivity contribution in [1.82, 2.24) is 14.5 Å². The first kappa shape index (κ1) is 20.1. The molecule has 1 N–H and O–H groups in total. The average molecular weight is 384 g/mol. The van der Waals surface area contributed by atoms with Crippen molar-refractivity contribution in [2.45, 2.75) is 46.4 Å². The highest BCUT2D eigenvalue weighted by molar-refractivity contribution is 7.89. The molecule has 1 aromatic carbocycles. The molecule has 0 unspecified atom stereocenters. The number of rotatable bonds is 3. The summed E-state index contributed by atoms with van der Waals surface area (Å²) in [5.74, 6) is 0. The van der Waals surface area contributed by atoms with Gasteiger partial charge in [0.25, 0.3) is 0 Å². The third-order valence-corrected chi connectivity index (χ3v) is 7.96. The Morgan fingerprint density at radius 2 is 1.36 bits per heavy atom.